The largest absolute Gasteiger partial charge is 0.360 e. The Hall–Kier alpha value is -2.56. The zero-order valence-corrected chi connectivity index (χ0v) is 12.5. The van der Waals surface area contributed by atoms with Gasteiger partial charge in [-0.2, -0.15) is 14.0 Å². The van der Waals surface area contributed by atoms with Crippen molar-refractivity contribution in [3.63, 3.8) is 0 Å². The van der Waals surface area contributed by atoms with Gasteiger partial charge in [0.15, 0.2) is 11.7 Å². The highest BCUT2D eigenvalue weighted by molar-refractivity contribution is 6.99. The predicted molar refractivity (Wildman–Crippen MR) is 81.0 cm³/mol. The van der Waals surface area contributed by atoms with Crippen LogP contribution >= 0.6 is 23.3 Å². The first-order chi connectivity index (χ1) is 10.6. The third kappa shape index (κ3) is 2.39. The lowest BCUT2D eigenvalue weighted by Gasteiger charge is -2.04. The molecule has 0 fully saturated rings. The second-order valence-corrected chi connectivity index (χ2v) is 5.47. The van der Waals surface area contributed by atoms with Gasteiger partial charge in [-0.05, 0) is 12.1 Å². The van der Waals surface area contributed by atoms with Gasteiger partial charge in [-0.3, -0.25) is 9.59 Å². The summed E-state index contributed by atoms with van der Waals surface area (Å²) in [7, 11) is 0. The topological polar surface area (TPSA) is 99.5 Å². The third-order valence-corrected chi connectivity index (χ3v) is 3.89. The molecule has 2 aromatic heterocycles. The molecular weight excluding hydrogens is 324 g/mol. The quantitative estimate of drug-likeness (QED) is 0.585. The number of benzene rings is 1. The number of ketones is 2. The molecule has 6 nitrogen and oxygen atoms in total. The van der Waals surface area contributed by atoms with Gasteiger partial charge in [-0.25, -0.2) is 0 Å². The first-order valence-electron chi connectivity index (χ1n) is 6.14. The molecule has 22 heavy (non-hydrogen) atoms. The van der Waals surface area contributed by atoms with Gasteiger partial charge in [-0.1, -0.05) is 17.7 Å². The monoisotopic (exact) mass is 330 g/mol. The highest BCUT2D eigenvalue weighted by Gasteiger charge is 2.31. The molecule has 1 aromatic carbocycles. The van der Waals surface area contributed by atoms with Crippen LogP contribution in [-0.2, 0) is 0 Å². The number of halogens is 1. The molecule has 3 aromatic rings. The van der Waals surface area contributed by atoms with Crippen molar-refractivity contribution in [2.45, 2.75) is 0 Å². The van der Waals surface area contributed by atoms with Crippen molar-refractivity contribution in [1.29, 1.82) is 5.26 Å². The van der Waals surface area contributed by atoms with Crippen molar-refractivity contribution in [3.8, 4) is 6.07 Å². The summed E-state index contributed by atoms with van der Waals surface area (Å²) in [5.74, 6) is -2.67. The maximum absolute atomic E-state index is 12.5. The van der Waals surface area contributed by atoms with E-state index in [4.69, 9.17) is 11.6 Å². The Labute approximate surface area is 133 Å². The molecule has 0 saturated carbocycles. The number of rotatable bonds is 4. The van der Waals surface area contributed by atoms with Crippen LogP contribution in [-0.4, -0.2) is 25.3 Å². The molecule has 0 aliphatic carbocycles. The first-order valence-corrected chi connectivity index (χ1v) is 7.25. The first kappa shape index (κ1) is 14.4. The van der Waals surface area contributed by atoms with Crippen LogP contribution in [0, 0.1) is 17.2 Å². The summed E-state index contributed by atoms with van der Waals surface area (Å²) in [6, 6.07) is 6.73. The summed E-state index contributed by atoms with van der Waals surface area (Å²) in [6.07, 6.45) is 2.72. The lowest BCUT2D eigenvalue weighted by molar-refractivity contribution is 0.0844. The zero-order valence-electron chi connectivity index (χ0n) is 10.9. The molecule has 0 aliphatic heterocycles. The van der Waals surface area contributed by atoms with Crippen LogP contribution in [0.1, 0.15) is 20.8 Å². The molecule has 0 unspecified atom stereocenters. The lowest BCUT2D eigenvalue weighted by atomic mass is 9.93. The van der Waals surface area contributed by atoms with E-state index in [0.717, 1.165) is 11.7 Å². The smallest absolute Gasteiger partial charge is 0.208 e. The molecule has 0 spiro atoms. The average molecular weight is 331 g/mol. The number of nitrogens with one attached hydrogen (secondary N) is 1. The van der Waals surface area contributed by atoms with Gasteiger partial charge in [0.2, 0.25) is 5.78 Å². The van der Waals surface area contributed by atoms with Crippen molar-refractivity contribution in [3.05, 3.63) is 46.9 Å². The lowest BCUT2D eigenvalue weighted by Crippen LogP contribution is -2.23. The standard InChI is InChI=1S/C14H7ClN4O2S/c15-7-1-2-8-10(5-17-11(8)3-7)13(20)9(4-16)14(21)12-6-18-22-19-12/h1-3,5-6,9,17H/t9-/m0/s1. The highest BCUT2D eigenvalue weighted by atomic mass is 35.5. The van der Waals surface area contributed by atoms with Gasteiger partial charge in [0.05, 0.1) is 24.0 Å². The summed E-state index contributed by atoms with van der Waals surface area (Å²) < 4.78 is 7.48. The Balaban J connectivity index is 2.01. The van der Waals surface area contributed by atoms with E-state index < -0.39 is 17.5 Å². The Morgan fingerprint density at radius 3 is 2.86 bits per heavy atom. The van der Waals surface area contributed by atoms with Gasteiger partial charge in [0, 0.05) is 27.7 Å². The Bertz CT molecular complexity index is 911. The molecular formula is C14H7ClN4O2S. The average Bonchev–Trinajstić information content (AvgIpc) is 3.16. The minimum Gasteiger partial charge on any atom is -0.360 e. The van der Waals surface area contributed by atoms with Crippen molar-refractivity contribution in [2.75, 3.05) is 0 Å². The number of nitrogens with zero attached hydrogens (tertiary/aromatic N) is 3. The van der Waals surface area contributed by atoms with Gasteiger partial charge >= 0.3 is 0 Å². The molecule has 8 heteroatoms. The van der Waals surface area contributed by atoms with Crippen LogP contribution in [0.25, 0.3) is 10.9 Å². The Morgan fingerprint density at radius 2 is 2.18 bits per heavy atom. The van der Waals surface area contributed by atoms with E-state index in [2.05, 4.69) is 13.7 Å². The van der Waals surface area contributed by atoms with E-state index in [-0.39, 0.29) is 11.3 Å². The number of carbonyl (C=O) groups excluding carboxylic acids is 2. The van der Waals surface area contributed by atoms with Crippen LogP contribution in [0.15, 0.2) is 30.6 Å². The SMILES string of the molecule is N#C[C@H](C(=O)c1cnsn1)C(=O)c1c[nH]c2cc(Cl)ccc12. The molecule has 108 valence electrons. The van der Waals surface area contributed by atoms with Crippen LogP contribution < -0.4 is 0 Å². The number of hydrogen-bond donors (Lipinski definition) is 1. The van der Waals surface area contributed by atoms with E-state index in [1.165, 1.54) is 12.4 Å². The molecule has 1 atom stereocenters. The van der Waals surface area contributed by atoms with E-state index in [9.17, 15) is 14.9 Å². The molecule has 0 amide bonds. The van der Waals surface area contributed by atoms with Crippen molar-refractivity contribution >= 4 is 45.8 Å². The Morgan fingerprint density at radius 1 is 1.36 bits per heavy atom. The summed E-state index contributed by atoms with van der Waals surface area (Å²) in [5, 5.41) is 10.3. The van der Waals surface area contributed by atoms with Gasteiger partial charge in [0.1, 0.15) is 5.69 Å². The summed E-state index contributed by atoms with van der Waals surface area (Å²) in [5.41, 5.74) is 0.956. The van der Waals surface area contributed by atoms with E-state index in [1.54, 1.807) is 24.3 Å². The minimum atomic E-state index is -1.45. The summed E-state index contributed by atoms with van der Waals surface area (Å²) >= 11 is 6.74. The van der Waals surface area contributed by atoms with Gasteiger partial charge in [-0.15, -0.1) is 0 Å². The number of fused-ring (bicyclic) bond motifs is 1. The molecule has 1 N–H and O–H groups in total. The van der Waals surface area contributed by atoms with Crippen LogP contribution in [0.5, 0.6) is 0 Å². The van der Waals surface area contributed by atoms with Crippen molar-refractivity contribution < 1.29 is 9.59 Å². The highest BCUT2D eigenvalue weighted by Crippen LogP contribution is 2.25. The number of hydrogen-bond acceptors (Lipinski definition) is 6. The van der Waals surface area contributed by atoms with Gasteiger partial charge in [0.25, 0.3) is 0 Å². The number of carbonyl (C=O) groups is 2. The number of H-pyrrole nitrogens is 1. The predicted octanol–water partition coefficient (Wildman–Crippen LogP) is 2.88. The van der Waals surface area contributed by atoms with Gasteiger partial charge < -0.3 is 4.98 Å². The molecule has 0 saturated heterocycles. The van der Waals surface area contributed by atoms with Crippen molar-refractivity contribution in [2.24, 2.45) is 5.92 Å². The minimum absolute atomic E-state index is 0.0211. The molecule has 2 heterocycles. The second kappa shape index (κ2) is 5.67. The fourth-order valence-corrected chi connectivity index (χ4v) is 2.71. The number of aromatic amines is 1. The number of nitriles is 1. The fourth-order valence-electron chi connectivity index (χ4n) is 2.12. The van der Waals surface area contributed by atoms with E-state index in [0.29, 0.717) is 15.9 Å². The normalized spacial score (nSPS) is 12.0. The van der Waals surface area contributed by atoms with E-state index >= 15 is 0 Å². The third-order valence-electron chi connectivity index (χ3n) is 3.18. The molecule has 3 rings (SSSR count). The summed E-state index contributed by atoms with van der Waals surface area (Å²) in [4.78, 5) is 27.6. The number of Topliss-reactive ketones (excluding diaryl/α,β-unsaturated/α-hetero) is 2. The van der Waals surface area contributed by atoms with E-state index in [1.807, 2.05) is 0 Å². The summed E-state index contributed by atoms with van der Waals surface area (Å²) in [6.45, 7) is 0. The zero-order chi connectivity index (χ0) is 15.7. The van der Waals surface area contributed by atoms with Crippen LogP contribution in [0.3, 0.4) is 0 Å². The fraction of sp³-hybridized carbons (Fsp3) is 0.0714. The van der Waals surface area contributed by atoms with Crippen molar-refractivity contribution in [1.82, 2.24) is 13.7 Å². The Kier molecular flexibility index (Phi) is 3.71. The van der Waals surface area contributed by atoms with Crippen LogP contribution in [0.4, 0.5) is 0 Å². The molecule has 0 aliphatic rings. The maximum Gasteiger partial charge on any atom is 0.208 e. The number of aromatic nitrogens is 3. The second-order valence-electron chi connectivity index (χ2n) is 4.48. The molecule has 0 bridgehead atoms. The van der Waals surface area contributed by atoms with Crippen LogP contribution in [0.2, 0.25) is 5.02 Å². The maximum atomic E-state index is 12.5. The molecule has 0 radical (unpaired) electrons.